The van der Waals surface area contributed by atoms with E-state index in [4.69, 9.17) is 5.73 Å². The van der Waals surface area contributed by atoms with Crippen LogP contribution in [0.4, 0.5) is 4.39 Å². The Balaban J connectivity index is 2.28. The van der Waals surface area contributed by atoms with Crippen LogP contribution in [0.5, 0.6) is 0 Å². The maximum atomic E-state index is 14.3. The molecular formula is C24H26FN3O2. The molecule has 1 heterocycles. The zero-order chi connectivity index (χ0) is 22.0. The van der Waals surface area contributed by atoms with E-state index in [0.717, 1.165) is 27.7 Å². The summed E-state index contributed by atoms with van der Waals surface area (Å²) in [6, 6.07) is 12.8. The number of aliphatic hydroxyl groups excluding tert-OH is 1. The molecular weight excluding hydrogens is 381 g/mol. The van der Waals surface area contributed by atoms with Crippen molar-refractivity contribution in [1.29, 1.82) is 0 Å². The Kier molecular flexibility index (Phi) is 6.08. The van der Waals surface area contributed by atoms with E-state index in [-0.39, 0.29) is 30.6 Å². The number of aromatic nitrogens is 1. The van der Waals surface area contributed by atoms with E-state index in [1.54, 1.807) is 26.2 Å². The number of hydrogen-bond donors (Lipinski definition) is 2. The Bertz CT molecular complexity index is 1160. The molecule has 0 atom stereocenters. The zero-order valence-corrected chi connectivity index (χ0v) is 17.4. The number of hydrogen-bond acceptors (Lipinski definition) is 3. The molecule has 0 saturated carbocycles. The van der Waals surface area contributed by atoms with Crippen LogP contribution in [0.15, 0.2) is 60.9 Å². The average Bonchev–Trinajstić information content (AvgIpc) is 2.98. The largest absolute Gasteiger partial charge is 0.508 e. The van der Waals surface area contributed by atoms with Crippen LogP contribution in [0.2, 0.25) is 0 Å². The molecule has 1 aromatic heterocycles. The van der Waals surface area contributed by atoms with Gasteiger partial charge in [0.25, 0.3) is 5.91 Å². The SMILES string of the molecule is C=C(O)c1ccc2c(c1)c(-c1cccc(C(=O)N(C)C)c1)c(C)n2C/C(F)=C/CN. The van der Waals surface area contributed by atoms with E-state index in [9.17, 15) is 14.3 Å². The van der Waals surface area contributed by atoms with E-state index in [2.05, 4.69) is 6.58 Å². The molecule has 0 aliphatic carbocycles. The number of nitrogens with zero attached hydrogens (tertiary/aromatic N) is 2. The number of carbonyl (C=O) groups is 1. The second-order valence-corrected chi connectivity index (χ2v) is 7.39. The first-order valence-electron chi connectivity index (χ1n) is 9.62. The molecule has 156 valence electrons. The lowest BCUT2D eigenvalue weighted by Crippen LogP contribution is -2.21. The third kappa shape index (κ3) is 4.00. The van der Waals surface area contributed by atoms with E-state index in [1.165, 1.54) is 11.0 Å². The highest BCUT2D eigenvalue weighted by Crippen LogP contribution is 2.37. The van der Waals surface area contributed by atoms with Crippen LogP contribution in [0, 0.1) is 6.92 Å². The summed E-state index contributed by atoms with van der Waals surface area (Å²) in [5.74, 6) is -0.463. The number of amides is 1. The second kappa shape index (κ2) is 8.55. The van der Waals surface area contributed by atoms with Gasteiger partial charge in [0.1, 0.15) is 11.6 Å². The van der Waals surface area contributed by atoms with Crippen LogP contribution >= 0.6 is 0 Å². The van der Waals surface area contributed by atoms with Crippen molar-refractivity contribution in [2.45, 2.75) is 13.5 Å². The van der Waals surface area contributed by atoms with Gasteiger partial charge in [-0.1, -0.05) is 18.7 Å². The predicted molar refractivity (Wildman–Crippen MR) is 120 cm³/mol. The Labute approximate surface area is 175 Å². The molecule has 0 saturated heterocycles. The Morgan fingerprint density at radius 2 is 1.97 bits per heavy atom. The topological polar surface area (TPSA) is 71.5 Å². The van der Waals surface area contributed by atoms with Crippen LogP contribution in [0.3, 0.4) is 0 Å². The van der Waals surface area contributed by atoms with Crippen molar-refractivity contribution >= 4 is 22.6 Å². The minimum atomic E-state index is -0.323. The third-order valence-corrected chi connectivity index (χ3v) is 5.11. The zero-order valence-electron chi connectivity index (χ0n) is 17.4. The van der Waals surface area contributed by atoms with Crippen molar-refractivity contribution in [2.75, 3.05) is 20.6 Å². The number of carbonyl (C=O) groups excluding carboxylic acids is 1. The highest BCUT2D eigenvalue weighted by molar-refractivity contribution is 6.01. The molecule has 6 heteroatoms. The predicted octanol–water partition coefficient (Wildman–Crippen LogP) is 4.66. The van der Waals surface area contributed by atoms with Crippen LogP contribution < -0.4 is 5.73 Å². The molecule has 2 aromatic carbocycles. The molecule has 5 nitrogen and oxygen atoms in total. The van der Waals surface area contributed by atoms with Crippen molar-refractivity contribution < 1.29 is 14.3 Å². The van der Waals surface area contributed by atoms with Crippen molar-refractivity contribution in [3.8, 4) is 11.1 Å². The quantitative estimate of drug-likeness (QED) is 0.584. The van der Waals surface area contributed by atoms with Gasteiger partial charge in [0, 0.05) is 53.9 Å². The monoisotopic (exact) mass is 407 g/mol. The van der Waals surface area contributed by atoms with Crippen LogP contribution in [0.25, 0.3) is 27.8 Å². The first-order chi connectivity index (χ1) is 14.2. The lowest BCUT2D eigenvalue weighted by Gasteiger charge is -2.12. The van der Waals surface area contributed by atoms with Crippen molar-refractivity contribution in [2.24, 2.45) is 5.73 Å². The molecule has 0 aliphatic heterocycles. The summed E-state index contributed by atoms with van der Waals surface area (Å²) >= 11 is 0. The summed E-state index contributed by atoms with van der Waals surface area (Å²) in [6.07, 6.45) is 1.35. The van der Waals surface area contributed by atoms with Gasteiger partial charge in [-0.2, -0.15) is 0 Å². The fourth-order valence-electron chi connectivity index (χ4n) is 3.64. The number of rotatable bonds is 6. The van der Waals surface area contributed by atoms with Crippen LogP contribution in [-0.2, 0) is 6.54 Å². The molecule has 30 heavy (non-hydrogen) atoms. The van der Waals surface area contributed by atoms with Gasteiger partial charge in [-0.3, -0.25) is 4.79 Å². The normalized spacial score (nSPS) is 11.7. The van der Waals surface area contributed by atoms with Gasteiger partial charge in [0.05, 0.1) is 6.54 Å². The van der Waals surface area contributed by atoms with Crippen molar-refractivity contribution in [1.82, 2.24) is 9.47 Å². The number of halogens is 1. The Hall–Kier alpha value is -3.38. The summed E-state index contributed by atoms with van der Waals surface area (Å²) in [7, 11) is 3.41. The third-order valence-electron chi connectivity index (χ3n) is 5.11. The molecule has 3 aromatic rings. The minimum Gasteiger partial charge on any atom is -0.508 e. The first-order valence-corrected chi connectivity index (χ1v) is 9.62. The maximum absolute atomic E-state index is 14.3. The maximum Gasteiger partial charge on any atom is 0.253 e. The summed E-state index contributed by atoms with van der Waals surface area (Å²) in [6.45, 7) is 5.70. The van der Waals surface area contributed by atoms with Gasteiger partial charge in [-0.25, -0.2) is 4.39 Å². The summed E-state index contributed by atoms with van der Waals surface area (Å²) in [5, 5.41) is 10.7. The summed E-state index contributed by atoms with van der Waals surface area (Å²) < 4.78 is 16.2. The molecule has 0 fully saturated rings. The fourth-order valence-corrected chi connectivity index (χ4v) is 3.64. The van der Waals surface area contributed by atoms with Crippen molar-refractivity contribution in [3.05, 3.63) is 77.8 Å². The Morgan fingerprint density at radius 1 is 1.23 bits per heavy atom. The van der Waals surface area contributed by atoms with Crippen LogP contribution in [0.1, 0.15) is 21.6 Å². The van der Waals surface area contributed by atoms with Gasteiger partial charge >= 0.3 is 0 Å². The minimum absolute atomic E-state index is 0.0426. The van der Waals surface area contributed by atoms with Gasteiger partial charge in [0.2, 0.25) is 0 Å². The lowest BCUT2D eigenvalue weighted by atomic mass is 9.98. The van der Waals surface area contributed by atoms with Gasteiger partial charge in [0.15, 0.2) is 0 Å². The molecule has 0 unspecified atom stereocenters. The number of benzene rings is 2. The number of nitrogens with two attached hydrogens (primary N) is 1. The van der Waals surface area contributed by atoms with E-state index in [0.29, 0.717) is 11.1 Å². The molecule has 0 radical (unpaired) electrons. The van der Waals surface area contributed by atoms with Gasteiger partial charge in [-0.05, 0) is 48.9 Å². The lowest BCUT2D eigenvalue weighted by molar-refractivity contribution is 0.0827. The molecule has 0 bridgehead atoms. The average molecular weight is 407 g/mol. The number of allylic oxidation sites excluding steroid dienone is 1. The highest BCUT2D eigenvalue weighted by atomic mass is 19.1. The summed E-state index contributed by atoms with van der Waals surface area (Å²) in [4.78, 5) is 14.0. The molecule has 1 amide bonds. The number of aliphatic hydroxyl groups is 1. The van der Waals surface area contributed by atoms with Gasteiger partial charge in [-0.15, -0.1) is 0 Å². The van der Waals surface area contributed by atoms with Gasteiger partial charge < -0.3 is 20.3 Å². The molecule has 0 aliphatic rings. The standard InChI is InChI=1S/C24H26FN3O2/c1-15-23(18-6-5-7-19(12-18)24(30)27(3)4)21-13-17(16(2)29)8-9-22(21)28(15)14-20(25)10-11-26/h5-10,12-13,29H,2,11,14,26H2,1,3-4H3/b20-10-. The molecule has 3 N–H and O–H groups in total. The molecule has 3 rings (SSSR count). The fraction of sp³-hybridized carbons (Fsp3) is 0.208. The summed E-state index contributed by atoms with van der Waals surface area (Å²) in [5.41, 5.74) is 9.98. The van der Waals surface area contributed by atoms with E-state index < -0.39 is 0 Å². The van der Waals surface area contributed by atoms with E-state index in [1.807, 2.05) is 41.8 Å². The number of fused-ring (bicyclic) bond motifs is 1. The highest BCUT2D eigenvalue weighted by Gasteiger charge is 2.19. The van der Waals surface area contributed by atoms with Crippen LogP contribution in [-0.4, -0.2) is 41.1 Å². The molecule has 0 spiro atoms. The Morgan fingerprint density at radius 3 is 2.60 bits per heavy atom. The van der Waals surface area contributed by atoms with E-state index >= 15 is 0 Å². The van der Waals surface area contributed by atoms with Crippen molar-refractivity contribution in [3.63, 3.8) is 0 Å². The smallest absolute Gasteiger partial charge is 0.253 e. The second-order valence-electron chi connectivity index (χ2n) is 7.39. The first kappa shape index (κ1) is 21.3.